The van der Waals surface area contributed by atoms with Gasteiger partial charge in [0.1, 0.15) is 0 Å². The number of allylic oxidation sites excluding steroid dienone is 2. The Labute approximate surface area is 180 Å². The standard InChI is InChI=1S/C29H30N/c1-6-28-16-17-29(28,7-2)30-18-15-19(3)24-26(30)23-22(28)14-13-21(25(23)27(24,4)5)20-11-9-8-10-12-20/h8-18H,6-7H2,1-5H3/q+1. The third kappa shape index (κ3) is 1.72. The Bertz CT molecular complexity index is 1250. The topological polar surface area (TPSA) is 3.88 Å². The van der Waals surface area contributed by atoms with Crippen LogP contribution in [0.3, 0.4) is 0 Å². The minimum atomic E-state index is -0.0212. The van der Waals surface area contributed by atoms with Gasteiger partial charge in [0.25, 0.3) is 0 Å². The van der Waals surface area contributed by atoms with Crippen LogP contribution in [0.2, 0.25) is 0 Å². The molecule has 0 saturated carbocycles. The number of hydrogen-bond donors (Lipinski definition) is 0. The summed E-state index contributed by atoms with van der Waals surface area (Å²) in [6, 6.07) is 18.2. The predicted molar refractivity (Wildman–Crippen MR) is 124 cm³/mol. The monoisotopic (exact) mass is 392 g/mol. The second-order valence-electron chi connectivity index (χ2n) is 9.93. The lowest BCUT2D eigenvalue weighted by Gasteiger charge is -2.52. The summed E-state index contributed by atoms with van der Waals surface area (Å²) >= 11 is 0. The van der Waals surface area contributed by atoms with Crippen molar-refractivity contribution in [1.82, 2.24) is 0 Å². The fraction of sp³-hybridized carbons (Fsp3) is 0.345. The smallest absolute Gasteiger partial charge is 0.188 e. The maximum absolute atomic E-state index is 2.65. The average Bonchev–Trinajstić information content (AvgIpc) is 2.99. The molecule has 3 aromatic rings. The molecule has 2 unspecified atom stereocenters. The first-order chi connectivity index (χ1) is 14.4. The van der Waals surface area contributed by atoms with Crippen LogP contribution in [-0.4, -0.2) is 0 Å². The zero-order chi connectivity index (χ0) is 20.9. The summed E-state index contributed by atoms with van der Waals surface area (Å²) in [7, 11) is 0. The molecule has 0 N–H and O–H groups in total. The number of rotatable bonds is 3. The Kier molecular flexibility index (Phi) is 3.33. The van der Waals surface area contributed by atoms with E-state index < -0.39 is 0 Å². The first kappa shape index (κ1) is 18.1. The predicted octanol–water partition coefficient (Wildman–Crippen LogP) is 6.59. The third-order valence-electron chi connectivity index (χ3n) is 8.55. The van der Waals surface area contributed by atoms with Crippen LogP contribution in [0.4, 0.5) is 0 Å². The summed E-state index contributed by atoms with van der Waals surface area (Å²) in [5.74, 6) is 0. The molecule has 2 heterocycles. The van der Waals surface area contributed by atoms with Crippen LogP contribution in [0, 0.1) is 6.92 Å². The van der Waals surface area contributed by atoms with E-state index >= 15 is 0 Å². The van der Waals surface area contributed by atoms with E-state index in [1.54, 1.807) is 5.56 Å². The van der Waals surface area contributed by atoms with E-state index in [1.807, 2.05) is 0 Å². The molecule has 0 fully saturated rings. The Balaban J connectivity index is 1.82. The van der Waals surface area contributed by atoms with Gasteiger partial charge in [-0.25, -0.2) is 0 Å². The highest BCUT2D eigenvalue weighted by Gasteiger charge is 2.67. The molecule has 0 amide bonds. The molecule has 6 rings (SSSR count). The van der Waals surface area contributed by atoms with Crippen molar-refractivity contribution in [1.29, 1.82) is 0 Å². The van der Waals surface area contributed by atoms with Crippen molar-refractivity contribution >= 4 is 0 Å². The highest BCUT2D eigenvalue weighted by molar-refractivity contribution is 5.90. The Morgan fingerprint density at radius 1 is 0.833 bits per heavy atom. The summed E-state index contributed by atoms with van der Waals surface area (Å²) < 4.78 is 2.65. The van der Waals surface area contributed by atoms with Crippen LogP contribution in [-0.2, 0) is 16.4 Å². The number of pyridine rings is 1. The lowest BCUT2D eigenvalue weighted by atomic mass is 9.52. The SMILES string of the molecule is CCC12C=CC1(CC)[n+]1ccc(C)c3c1-c1c2ccc(-c2ccccc2)c1C3(C)C. The number of nitrogens with zero attached hydrogens (tertiary/aromatic N) is 1. The van der Waals surface area contributed by atoms with Crippen LogP contribution >= 0.6 is 0 Å². The van der Waals surface area contributed by atoms with E-state index in [0.29, 0.717) is 0 Å². The molecule has 150 valence electrons. The molecule has 0 saturated heterocycles. The summed E-state index contributed by atoms with van der Waals surface area (Å²) in [5, 5.41) is 0. The summed E-state index contributed by atoms with van der Waals surface area (Å²) in [6.45, 7) is 11.9. The van der Waals surface area contributed by atoms with Gasteiger partial charge in [0, 0.05) is 23.5 Å². The van der Waals surface area contributed by atoms with Gasteiger partial charge in [-0.15, -0.1) is 0 Å². The molecule has 3 aliphatic rings. The molecule has 1 heteroatoms. The van der Waals surface area contributed by atoms with E-state index in [0.717, 1.165) is 12.8 Å². The molecule has 2 aliphatic carbocycles. The number of fused-ring (bicyclic) bond motifs is 3. The van der Waals surface area contributed by atoms with Gasteiger partial charge in [-0.3, -0.25) is 0 Å². The van der Waals surface area contributed by atoms with Crippen molar-refractivity contribution in [2.24, 2.45) is 0 Å². The van der Waals surface area contributed by atoms with Gasteiger partial charge in [0.2, 0.25) is 5.69 Å². The zero-order valence-electron chi connectivity index (χ0n) is 18.7. The number of aromatic nitrogens is 1. The fourth-order valence-electron chi connectivity index (χ4n) is 7.18. The van der Waals surface area contributed by atoms with E-state index in [9.17, 15) is 0 Å². The lowest BCUT2D eigenvalue weighted by molar-refractivity contribution is -0.759. The maximum atomic E-state index is 2.65. The average molecular weight is 393 g/mol. The molecule has 30 heavy (non-hydrogen) atoms. The van der Waals surface area contributed by atoms with Crippen LogP contribution in [0.25, 0.3) is 22.4 Å². The minimum Gasteiger partial charge on any atom is -0.188 e. The van der Waals surface area contributed by atoms with Crippen molar-refractivity contribution < 1.29 is 4.57 Å². The van der Waals surface area contributed by atoms with Gasteiger partial charge in [-0.2, -0.15) is 4.57 Å². The highest BCUT2D eigenvalue weighted by Crippen LogP contribution is 2.63. The van der Waals surface area contributed by atoms with Crippen molar-refractivity contribution in [3.8, 4) is 22.4 Å². The fourth-order valence-corrected chi connectivity index (χ4v) is 7.18. The van der Waals surface area contributed by atoms with Crippen molar-refractivity contribution in [2.45, 2.75) is 63.8 Å². The minimum absolute atomic E-state index is 0.0212. The second-order valence-corrected chi connectivity index (χ2v) is 9.93. The summed E-state index contributed by atoms with van der Waals surface area (Å²) in [5.41, 5.74) is 11.8. The largest absolute Gasteiger partial charge is 0.218 e. The third-order valence-corrected chi connectivity index (χ3v) is 8.55. The first-order valence-corrected chi connectivity index (χ1v) is 11.4. The molecule has 1 nitrogen and oxygen atoms in total. The molecule has 0 spiro atoms. The van der Waals surface area contributed by atoms with Crippen molar-refractivity contribution in [3.63, 3.8) is 0 Å². The Hall–Kier alpha value is -2.67. The van der Waals surface area contributed by atoms with Gasteiger partial charge in [0.15, 0.2) is 11.7 Å². The van der Waals surface area contributed by atoms with Crippen LogP contribution in [0.5, 0.6) is 0 Å². The van der Waals surface area contributed by atoms with E-state index in [2.05, 4.69) is 106 Å². The van der Waals surface area contributed by atoms with Gasteiger partial charge < -0.3 is 0 Å². The van der Waals surface area contributed by atoms with E-state index in [-0.39, 0.29) is 16.4 Å². The normalized spacial score (nSPS) is 26.2. The molecule has 1 aromatic heterocycles. The number of benzene rings is 2. The summed E-state index contributed by atoms with van der Waals surface area (Å²) in [4.78, 5) is 0. The van der Waals surface area contributed by atoms with Crippen LogP contribution in [0.15, 0.2) is 66.9 Å². The molecule has 0 bridgehead atoms. The van der Waals surface area contributed by atoms with E-state index in [4.69, 9.17) is 0 Å². The molecule has 0 radical (unpaired) electrons. The second kappa shape index (κ2) is 5.52. The molecule has 1 aliphatic heterocycles. The van der Waals surface area contributed by atoms with Crippen molar-refractivity contribution in [3.05, 3.63) is 89.1 Å². The van der Waals surface area contributed by atoms with Gasteiger partial charge >= 0.3 is 0 Å². The highest BCUT2D eigenvalue weighted by atomic mass is 15.1. The van der Waals surface area contributed by atoms with E-state index in [1.165, 1.54) is 39.1 Å². The first-order valence-electron chi connectivity index (χ1n) is 11.4. The summed E-state index contributed by atoms with van der Waals surface area (Å²) in [6.07, 6.45) is 9.59. The van der Waals surface area contributed by atoms with Gasteiger partial charge in [0.05, 0.1) is 11.0 Å². The van der Waals surface area contributed by atoms with Crippen LogP contribution in [0.1, 0.15) is 62.8 Å². The number of aryl methyl sites for hydroxylation is 1. The van der Waals surface area contributed by atoms with Crippen molar-refractivity contribution in [2.75, 3.05) is 0 Å². The lowest BCUT2D eigenvalue weighted by Crippen LogP contribution is -2.72. The Morgan fingerprint density at radius 3 is 2.23 bits per heavy atom. The quantitative estimate of drug-likeness (QED) is 0.349. The molecular weight excluding hydrogens is 362 g/mol. The molecule has 2 aromatic carbocycles. The van der Waals surface area contributed by atoms with Gasteiger partial charge in [-0.1, -0.05) is 76.2 Å². The maximum Gasteiger partial charge on any atom is 0.218 e. The Morgan fingerprint density at radius 2 is 1.60 bits per heavy atom. The molecular formula is C29H30N+. The zero-order valence-corrected chi connectivity index (χ0v) is 18.7. The molecule has 2 atom stereocenters. The van der Waals surface area contributed by atoms with Gasteiger partial charge in [-0.05, 0) is 47.2 Å². The van der Waals surface area contributed by atoms with Crippen LogP contribution < -0.4 is 4.57 Å². The number of hydrogen-bond acceptors (Lipinski definition) is 0.